The molecule has 0 aliphatic carbocycles. The summed E-state index contributed by atoms with van der Waals surface area (Å²) in [4.78, 5) is 20.5. The van der Waals surface area contributed by atoms with Gasteiger partial charge >= 0.3 is 6.09 Å². The zero-order chi connectivity index (χ0) is 19.7. The first-order chi connectivity index (χ1) is 12.9. The minimum atomic E-state index is -0.434. The Kier molecular flexibility index (Phi) is 11.4. The Hall–Kier alpha value is -0.810. The molecule has 1 unspecified atom stereocenters. The van der Waals surface area contributed by atoms with Crippen molar-refractivity contribution in [3.63, 3.8) is 0 Å². The highest BCUT2D eigenvalue weighted by atomic mass is 127. The van der Waals surface area contributed by atoms with Crippen LogP contribution in [-0.2, 0) is 9.47 Å². The fourth-order valence-corrected chi connectivity index (χ4v) is 3.23. The maximum absolute atomic E-state index is 12.1. The molecule has 28 heavy (non-hydrogen) atoms. The standard InChI is InChI=1S/C19H37N5O3.HI/c1-19(2,3)27-18(25)24-12-10-23(11-13-24)9-6-8-21-17(20-4)22-15-16-7-5-14-26-16;/h16H,5-15H2,1-4H3,(H2,20,21,22);1H. The van der Waals surface area contributed by atoms with E-state index in [1.54, 1.807) is 11.9 Å². The number of nitrogens with zero attached hydrogens (tertiary/aromatic N) is 3. The highest BCUT2D eigenvalue weighted by Crippen LogP contribution is 2.12. The molecule has 0 spiro atoms. The number of rotatable bonds is 6. The van der Waals surface area contributed by atoms with E-state index in [9.17, 15) is 4.79 Å². The molecule has 0 aromatic carbocycles. The number of piperazine rings is 1. The van der Waals surface area contributed by atoms with Crippen LogP contribution in [0.15, 0.2) is 4.99 Å². The first-order valence-electron chi connectivity index (χ1n) is 10.1. The summed E-state index contributed by atoms with van der Waals surface area (Å²) in [6.45, 7) is 12.5. The van der Waals surface area contributed by atoms with Crippen LogP contribution in [0, 0.1) is 0 Å². The average molecular weight is 511 g/mol. The van der Waals surface area contributed by atoms with E-state index in [0.717, 1.165) is 77.6 Å². The first kappa shape index (κ1) is 25.2. The maximum Gasteiger partial charge on any atom is 0.410 e. The predicted octanol–water partition coefficient (Wildman–Crippen LogP) is 1.89. The van der Waals surface area contributed by atoms with Crippen molar-refractivity contribution in [3.8, 4) is 0 Å². The van der Waals surface area contributed by atoms with Gasteiger partial charge in [0.2, 0.25) is 0 Å². The number of amides is 1. The Morgan fingerprint density at radius 1 is 1.21 bits per heavy atom. The molecule has 0 radical (unpaired) electrons. The van der Waals surface area contributed by atoms with Gasteiger partial charge in [0, 0.05) is 52.9 Å². The van der Waals surface area contributed by atoms with Gasteiger partial charge in [0.05, 0.1) is 6.10 Å². The Labute approximate surface area is 186 Å². The van der Waals surface area contributed by atoms with Crippen molar-refractivity contribution in [2.24, 2.45) is 4.99 Å². The van der Waals surface area contributed by atoms with Crippen molar-refractivity contribution < 1.29 is 14.3 Å². The zero-order valence-corrected chi connectivity index (χ0v) is 20.2. The van der Waals surface area contributed by atoms with E-state index in [2.05, 4.69) is 20.5 Å². The van der Waals surface area contributed by atoms with E-state index in [1.807, 2.05) is 20.8 Å². The lowest BCUT2D eigenvalue weighted by Crippen LogP contribution is -2.50. The summed E-state index contributed by atoms with van der Waals surface area (Å²) in [6, 6.07) is 0. The van der Waals surface area contributed by atoms with E-state index < -0.39 is 5.60 Å². The van der Waals surface area contributed by atoms with Crippen LogP contribution in [0.1, 0.15) is 40.0 Å². The Balaban J connectivity index is 0.00000392. The van der Waals surface area contributed by atoms with Crippen LogP contribution in [0.2, 0.25) is 0 Å². The van der Waals surface area contributed by atoms with Gasteiger partial charge in [0.1, 0.15) is 5.60 Å². The van der Waals surface area contributed by atoms with Gasteiger partial charge in [-0.3, -0.25) is 9.89 Å². The number of aliphatic imine (C=N–C) groups is 1. The van der Waals surface area contributed by atoms with E-state index in [-0.39, 0.29) is 30.1 Å². The fraction of sp³-hybridized carbons (Fsp3) is 0.895. The molecule has 0 aromatic heterocycles. The molecule has 2 N–H and O–H groups in total. The summed E-state index contributed by atoms with van der Waals surface area (Å²) in [5.74, 6) is 0.834. The summed E-state index contributed by atoms with van der Waals surface area (Å²) in [6.07, 6.45) is 3.42. The van der Waals surface area contributed by atoms with Crippen LogP contribution < -0.4 is 10.6 Å². The predicted molar refractivity (Wildman–Crippen MR) is 123 cm³/mol. The Bertz CT molecular complexity index is 484. The molecule has 9 heteroatoms. The molecule has 2 aliphatic heterocycles. The second-order valence-electron chi connectivity index (χ2n) is 8.18. The minimum absolute atomic E-state index is 0. The van der Waals surface area contributed by atoms with Crippen LogP contribution in [-0.4, -0.2) is 93.0 Å². The number of carbonyl (C=O) groups excluding carboxylic acids is 1. The van der Waals surface area contributed by atoms with Crippen LogP contribution in [0.3, 0.4) is 0 Å². The van der Waals surface area contributed by atoms with Crippen molar-refractivity contribution in [2.45, 2.75) is 51.7 Å². The highest BCUT2D eigenvalue weighted by Gasteiger charge is 2.25. The third-order valence-electron chi connectivity index (χ3n) is 4.71. The van der Waals surface area contributed by atoms with Gasteiger partial charge < -0.3 is 25.0 Å². The molecule has 2 fully saturated rings. The topological polar surface area (TPSA) is 78.4 Å². The summed E-state index contributed by atoms with van der Waals surface area (Å²) in [5.41, 5.74) is -0.434. The smallest absolute Gasteiger partial charge is 0.410 e. The molecule has 0 aromatic rings. The van der Waals surface area contributed by atoms with E-state index in [4.69, 9.17) is 9.47 Å². The first-order valence-corrected chi connectivity index (χ1v) is 10.1. The molecular formula is C19H38IN5O3. The molecule has 164 valence electrons. The second-order valence-corrected chi connectivity index (χ2v) is 8.18. The number of hydrogen-bond donors (Lipinski definition) is 2. The number of nitrogens with one attached hydrogen (secondary N) is 2. The van der Waals surface area contributed by atoms with Crippen LogP contribution in [0.4, 0.5) is 4.79 Å². The lowest BCUT2D eigenvalue weighted by atomic mass is 10.2. The minimum Gasteiger partial charge on any atom is -0.444 e. The normalized spacial score (nSPS) is 21.2. The number of guanidine groups is 1. The monoisotopic (exact) mass is 511 g/mol. The Morgan fingerprint density at radius 2 is 1.93 bits per heavy atom. The molecule has 0 bridgehead atoms. The molecule has 1 amide bonds. The number of ether oxygens (including phenoxy) is 2. The van der Waals surface area contributed by atoms with E-state index in [0.29, 0.717) is 6.10 Å². The van der Waals surface area contributed by atoms with E-state index >= 15 is 0 Å². The molecule has 2 saturated heterocycles. The van der Waals surface area contributed by atoms with Crippen molar-refractivity contribution in [3.05, 3.63) is 0 Å². The number of hydrogen-bond acceptors (Lipinski definition) is 5. The van der Waals surface area contributed by atoms with Crippen LogP contribution in [0.5, 0.6) is 0 Å². The molecule has 8 nitrogen and oxygen atoms in total. The number of carbonyl (C=O) groups is 1. The fourth-order valence-electron chi connectivity index (χ4n) is 3.23. The van der Waals surface area contributed by atoms with Crippen molar-refractivity contribution in [1.29, 1.82) is 0 Å². The zero-order valence-electron chi connectivity index (χ0n) is 17.8. The Morgan fingerprint density at radius 3 is 2.50 bits per heavy atom. The average Bonchev–Trinajstić information content (AvgIpc) is 3.13. The van der Waals surface area contributed by atoms with Gasteiger partial charge in [-0.15, -0.1) is 24.0 Å². The van der Waals surface area contributed by atoms with Gasteiger partial charge in [-0.1, -0.05) is 0 Å². The summed E-state index contributed by atoms with van der Waals surface area (Å²) in [5, 5.41) is 6.69. The van der Waals surface area contributed by atoms with Crippen LogP contribution in [0.25, 0.3) is 0 Å². The SMILES string of the molecule is CN=C(NCCCN1CCN(C(=O)OC(C)(C)C)CC1)NCC1CCCO1.I. The largest absolute Gasteiger partial charge is 0.444 e. The van der Waals surface area contributed by atoms with Crippen molar-refractivity contribution in [2.75, 3.05) is 59.5 Å². The molecular weight excluding hydrogens is 473 g/mol. The third-order valence-corrected chi connectivity index (χ3v) is 4.71. The van der Waals surface area contributed by atoms with Crippen molar-refractivity contribution in [1.82, 2.24) is 20.4 Å². The highest BCUT2D eigenvalue weighted by molar-refractivity contribution is 14.0. The van der Waals surface area contributed by atoms with Gasteiger partial charge in [0.25, 0.3) is 0 Å². The summed E-state index contributed by atoms with van der Waals surface area (Å²) in [7, 11) is 1.79. The van der Waals surface area contributed by atoms with Crippen LogP contribution >= 0.6 is 24.0 Å². The number of halogens is 1. The molecule has 1 atom stereocenters. The molecule has 2 rings (SSSR count). The van der Waals surface area contributed by atoms with Gasteiger partial charge in [-0.05, 0) is 46.6 Å². The summed E-state index contributed by atoms with van der Waals surface area (Å²) < 4.78 is 11.1. The molecule has 0 saturated carbocycles. The maximum atomic E-state index is 12.1. The van der Waals surface area contributed by atoms with Gasteiger partial charge in [0.15, 0.2) is 5.96 Å². The third kappa shape index (κ3) is 9.60. The van der Waals surface area contributed by atoms with Crippen molar-refractivity contribution >= 4 is 36.0 Å². The molecule has 2 aliphatic rings. The lowest BCUT2D eigenvalue weighted by molar-refractivity contribution is 0.0145. The molecule has 2 heterocycles. The summed E-state index contributed by atoms with van der Waals surface area (Å²) >= 11 is 0. The van der Waals surface area contributed by atoms with Gasteiger partial charge in [-0.25, -0.2) is 4.79 Å². The van der Waals surface area contributed by atoms with Gasteiger partial charge in [-0.2, -0.15) is 0 Å². The lowest BCUT2D eigenvalue weighted by Gasteiger charge is -2.35. The van der Waals surface area contributed by atoms with E-state index in [1.165, 1.54) is 0 Å². The quantitative estimate of drug-likeness (QED) is 0.246. The second kappa shape index (κ2) is 12.7.